The molecule has 0 saturated heterocycles. The summed E-state index contributed by atoms with van der Waals surface area (Å²) in [5.41, 5.74) is 9.67. The summed E-state index contributed by atoms with van der Waals surface area (Å²) in [6, 6.07) is 8.77. The topological polar surface area (TPSA) is 26.0 Å². The number of rotatable bonds is 2. The van der Waals surface area contributed by atoms with Gasteiger partial charge in [0, 0.05) is 10.0 Å². The average molecular weight is 343 g/mol. The van der Waals surface area contributed by atoms with Gasteiger partial charge in [-0.05, 0) is 52.5 Å². The third-order valence-corrected chi connectivity index (χ3v) is 4.51. The van der Waals surface area contributed by atoms with E-state index in [4.69, 9.17) is 17.3 Å². The highest BCUT2D eigenvalue weighted by Crippen LogP contribution is 2.33. The molecule has 0 bridgehead atoms. The predicted octanol–water partition coefficient (Wildman–Crippen LogP) is 4.91. The summed E-state index contributed by atoms with van der Waals surface area (Å²) in [7, 11) is 0. The van der Waals surface area contributed by atoms with Gasteiger partial charge in [-0.2, -0.15) is 0 Å². The number of aryl methyl sites for hydroxylation is 2. The van der Waals surface area contributed by atoms with E-state index in [9.17, 15) is 4.39 Å². The van der Waals surface area contributed by atoms with Crippen LogP contribution >= 0.6 is 27.5 Å². The zero-order valence-corrected chi connectivity index (χ0v) is 13.0. The second kappa shape index (κ2) is 5.61. The fourth-order valence-electron chi connectivity index (χ4n) is 2.25. The van der Waals surface area contributed by atoms with Crippen LogP contribution in [0, 0.1) is 19.7 Å². The number of halogens is 3. The van der Waals surface area contributed by atoms with E-state index in [1.54, 1.807) is 12.1 Å². The molecule has 100 valence electrons. The minimum Gasteiger partial charge on any atom is -0.320 e. The molecule has 2 aromatic rings. The highest BCUT2D eigenvalue weighted by Gasteiger charge is 2.20. The first-order valence-electron chi connectivity index (χ1n) is 5.88. The van der Waals surface area contributed by atoms with E-state index in [1.165, 1.54) is 0 Å². The number of nitrogens with two attached hydrogens (primary N) is 1. The van der Waals surface area contributed by atoms with Gasteiger partial charge in [-0.15, -0.1) is 0 Å². The number of hydrogen-bond donors (Lipinski definition) is 1. The van der Waals surface area contributed by atoms with Gasteiger partial charge in [0.2, 0.25) is 0 Å². The Morgan fingerprint density at radius 3 is 2.32 bits per heavy atom. The van der Waals surface area contributed by atoms with E-state index in [0.717, 1.165) is 16.7 Å². The summed E-state index contributed by atoms with van der Waals surface area (Å²) in [6.07, 6.45) is 0. The number of benzene rings is 2. The summed E-state index contributed by atoms with van der Waals surface area (Å²) in [4.78, 5) is 0. The van der Waals surface area contributed by atoms with Crippen molar-refractivity contribution in [1.29, 1.82) is 0 Å². The molecule has 2 aromatic carbocycles. The molecule has 1 nitrogen and oxygen atoms in total. The van der Waals surface area contributed by atoms with E-state index < -0.39 is 11.9 Å². The molecule has 2 N–H and O–H groups in total. The fourth-order valence-corrected chi connectivity index (χ4v) is 2.73. The smallest absolute Gasteiger partial charge is 0.148 e. The Hall–Kier alpha value is -0.900. The zero-order valence-electron chi connectivity index (χ0n) is 10.7. The van der Waals surface area contributed by atoms with Crippen LogP contribution in [0.4, 0.5) is 4.39 Å². The Kier molecular flexibility index (Phi) is 4.29. The third kappa shape index (κ3) is 2.69. The standard InChI is InChI=1S/C15H14BrClFN/c1-8-4-3-5-9(2)12(8)15(19)10-6-7-11(16)13(17)14(10)18/h3-7,15H,19H2,1-2H3. The van der Waals surface area contributed by atoms with Gasteiger partial charge in [0.05, 0.1) is 11.1 Å². The molecule has 19 heavy (non-hydrogen) atoms. The lowest BCUT2D eigenvalue weighted by Crippen LogP contribution is -2.16. The zero-order chi connectivity index (χ0) is 14.2. The van der Waals surface area contributed by atoms with Crippen LogP contribution in [0.2, 0.25) is 5.02 Å². The third-order valence-electron chi connectivity index (χ3n) is 3.25. The second-order valence-corrected chi connectivity index (χ2v) is 5.78. The lowest BCUT2D eigenvalue weighted by molar-refractivity contribution is 0.598. The van der Waals surface area contributed by atoms with Gasteiger partial charge < -0.3 is 5.73 Å². The van der Waals surface area contributed by atoms with Gasteiger partial charge >= 0.3 is 0 Å². The van der Waals surface area contributed by atoms with Gasteiger partial charge in [-0.1, -0.05) is 35.9 Å². The summed E-state index contributed by atoms with van der Waals surface area (Å²) < 4.78 is 14.8. The average Bonchev–Trinajstić information content (AvgIpc) is 2.35. The fraction of sp³-hybridized carbons (Fsp3) is 0.200. The molecule has 0 spiro atoms. The molecule has 1 atom stereocenters. The Morgan fingerprint density at radius 1 is 1.16 bits per heavy atom. The van der Waals surface area contributed by atoms with Gasteiger partial charge in [0.1, 0.15) is 5.82 Å². The highest BCUT2D eigenvalue weighted by molar-refractivity contribution is 9.10. The Morgan fingerprint density at radius 2 is 1.74 bits per heavy atom. The van der Waals surface area contributed by atoms with Crippen molar-refractivity contribution < 1.29 is 4.39 Å². The molecule has 0 aliphatic carbocycles. The molecule has 0 heterocycles. The van der Waals surface area contributed by atoms with Crippen molar-refractivity contribution in [2.45, 2.75) is 19.9 Å². The minimum atomic E-state index is -0.521. The highest BCUT2D eigenvalue weighted by atomic mass is 79.9. The van der Waals surface area contributed by atoms with Crippen LogP contribution < -0.4 is 5.73 Å². The molecular weight excluding hydrogens is 329 g/mol. The molecule has 0 fully saturated rings. The molecule has 0 aromatic heterocycles. The van der Waals surface area contributed by atoms with Gasteiger partial charge in [0.15, 0.2) is 0 Å². The lowest BCUT2D eigenvalue weighted by Gasteiger charge is -2.19. The molecule has 0 aliphatic heterocycles. The predicted molar refractivity (Wildman–Crippen MR) is 81.1 cm³/mol. The molecule has 0 radical (unpaired) electrons. The lowest BCUT2D eigenvalue weighted by atomic mass is 9.92. The van der Waals surface area contributed by atoms with Crippen molar-refractivity contribution in [3.63, 3.8) is 0 Å². The summed E-state index contributed by atoms with van der Waals surface area (Å²) >= 11 is 9.12. The van der Waals surface area contributed by atoms with Crippen molar-refractivity contribution in [3.05, 3.63) is 67.9 Å². The number of hydrogen-bond acceptors (Lipinski definition) is 1. The molecule has 1 unspecified atom stereocenters. The molecule has 0 aliphatic rings. The van der Waals surface area contributed by atoms with Crippen LogP contribution in [0.25, 0.3) is 0 Å². The van der Waals surface area contributed by atoms with Crippen LogP contribution in [-0.4, -0.2) is 0 Å². The maximum atomic E-state index is 14.2. The van der Waals surface area contributed by atoms with E-state index in [2.05, 4.69) is 15.9 Å². The van der Waals surface area contributed by atoms with E-state index in [-0.39, 0.29) is 5.02 Å². The maximum absolute atomic E-state index is 14.2. The Labute approximate surface area is 125 Å². The van der Waals surface area contributed by atoms with Crippen molar-refractivity contribution in [2.75, 3.05) is 0 Å². The van der Waals surface area contributed by atoms with Crippen LogP contribution in [0.1, 0.15) is 28.3 Å². The summed E-state index contributed by atoms with van der Waals surface area (Å²) in [6.45, 7) is 3.95. The molecule has 4 heteroatoms. The maximum Gasteiger partial charge on any atom is 0.148 e. The molecule has 0 amide bonds. The largest absolute Gasteiger partial charge is 0.320 e. The minimum absolute atomic E-state index is 0.0687. The van der Waals surface area contributed by atoms with E-state index in [1.807, 2.05) is 32.0 Å². The first-order chi connectivity index (χ1) is 8.93. The van der Waals surface area contributed by atoms with Crippen molar-refractivity contribution in [3.8, 4) is 0 Å². The quantitative estimate of drug-likeness (QED) is 0.771. The van der Waals surface area contributed by atoms with Crippen molar-refractivity contribution in [2.24, 2.45) is 5.73 Å². The Bertz CT molecular complexity index is 608. The first kappa shape index (κ1) is 14.5. The van der Waals surface area contributed by atoms with Gasteiger partial charge in [0.25, 0.3) is 0 Å². The monoisotopic (exact) mass is 341 g/mol. The van der Waals surface area contributed by atoms with Crippen LogP contribution in [0.5, 0.6) is 0 Å². The van der Waals surface area contributed by atoms with Crippen LogP contribution in [0.3, 0.4) is 0 Å². The molecular formula is C15H14BrClFN. The van der Waals surface area contributed by atoms with Crippen LogP contribution in [0.15, 0.2) is 34.8 Å². The summed E-state index contributed by atoms with van der Waals surface area (Å²) in [5.74, 6) is -0.466. The summed E-state index contributed by atoms with van der Waals surface area (Å²) in [5, 5.41) is 0.0687. The van der Waals surface area contributed by atoms with E-state index in [0.29, 0.717) is 10.0 Å². The van der Waals surface area contributed by atoms with E-state index >= 15 is 0 Å². The first-order valence-corrected chi connectivity index (χ1v) is 7.05. The van der Waals surface area contributed by atoms with Crippen molar-refractivity contribution >= 4 is 27.5 Å². The van der Waals surface area contributed by atoms with Crippen molar-refractivity contribution in [1.82, 2.24) is 0 Å². The normalized spacial score (nSPS) is 12.5. The van der Waals surface area contributed by atoms with Gasteiger partial charge in [-0.3, -0.25) is 0 Å². The SMILES string of the molecule is Cc1cccc(C)c1C(N)c1ccc(Br)c(Cl)c1F. The Balaban J connectivity index is 2.57. The molecule has 2 rings (SSSR count). The van der Waals surface area contributed by atoms with Gasteiger partial charge in [-0.25, -0.2) is 4.39 Å². The van der Waals surface area contributed by atoms with Crippen LogP contribution in [-0.2, 0) is 0 Å². The second-order valence-electron chi connectivity index (χ2n) is 4.55. The molecule has 0 saturated carbocycles.